The third-order valence-corrected chi connectivity index (χ3v) is 3.31. The van der Waals surface area contributed by atoms with E-state index in [4.69, 9.17) is 9.84 Å². The second-order valence-corrected chi connectivity index (χ2v) is 4.80. The number of hydrogen-bond acceptors (Lipinski definition) is 4. The van der Waals surface area contributed by atoms with Crippen molar-refractivity contribution in [3.05, 3.63) is 28.1 Å². The van der Waals surface area contributed by atoms with Crippen molar-refractivity contribution in [2.45, 2.75) is 0 Å². The van der Waals surface area contributed by atoms with E-state index >= 15 is 0 Å². The Morgan fingerprint density at radius 3 is 2.65 bits per heavy atom. The lowest BCUT2D eigenvalue weighted by Crippen LogP contribution is -2.00. The zero-order valence-electron chi connectivity index (χ0n) is 10.5. The van der Waals surface area contributed by atoms with E-state index < -0.39 is 17.5 Å². The van der Waals surface area contributed by atoms with Crippen LogP contribution in [0.2, 0.25) is 0 Å². The van der Waals surface area contributed by atoms with Crippen molar-refractivity contribution in [1.29, 1.82) is 0 Å². The maximum atomic E-state index is 14.2. The molecule has 1 aromatic heterocycles. The molecule has 0 fully saturated rings. The molecule has 2 rings (SSSR count). The van der Waals surface area contributed by atoms with Crippen LogP contribution >= 0.6 is 15.9 Å². The number of halogens is 2. The van der Waals surface area contributed by atoms with Crippen molar-refractivity contribution in [1.82, 2.24) is 9.78 Å². The monoisotopic (exact) mass is 344 g/mol. The lowest BCUT2D eigenvalue weighted by atomic mass is 10.1. The number of carboxylic acids is 1. The highest BCUT2D eigenvalue weighted by Gasteiger charge is 2.23. The van der Waals surface area contributed by atoms with Gasteiger partial charge in [0.15, 0.2) is 23.0 Å². The van der Waals surface area contributed by atoms with Crippen molar-refractivity contribution >= 4 is 21.9 Å². The highest BCUT2D eigenvalue weighted by molar-refractivity contribution is 9.10. The number of rotatable bonds is 3. The third-order valence-electron chi connectivity index (χ3n) is 2.73. The Labute approximate surface area is 121 Å². The number of carbonyl (C=O) groups is 1. The first-order valence-corrected chi connectivity index (χ1v) is 6.18. The van der Waals surface area contributed by atoms with Crippen molar-refractivity contribution in [2.75, 3.05) is 7.11 Å². The van der Waals surface area contributed by atoms with Crippen molar-refractivity contribution in [2.24, 2.45) is 7.05 Å². The molecule has 106 valence electrons. The maximum absolute atomic E-state index is 14.2. The van der Waals surface area contributed by atoms with E-state index in [1.165, 1.54) is 31.0 Å². The predicted molar refractivity (Wildman–Crippen MR) is 71.5 cm³/mol. The number of nitrogens with zero attached hydrogens (tertiary/aromatic N) is 2. The highest BCUT2D eigenvalue weighted by Crippen LogP contribution is 2.42. The van der Waals surface area contributed by atoms with Gasteiger partial charge in [0.2, 0.25) is 0 Å². The number of aromatic hydroxyl groups is 1. The molecule has 0 saturated carbocycles. The molecular weight excluding hydrogens is 335 g/mol. The van der Waals surface area contributed by atoms with Gasteiger partial charge in [0.1, 0.15) is 0 Å². The van der Waals surface area contributed by atoms with Gasteiger partial charge in [-0.3, -0.25) is 4.68 Å². The Bertz CT molecular complexity index is 699. The average molecular weight is 345 g/mol. The molecule has 0 spiro atoms. The van der Waals surface area contributed by atoms with Crippen LogP contribution in [-0.2, 0) is 7.05 Å². The van der Waals surface area contributed by atoms with Gasteiger partial charge in [0.05, 0.1) is 22.8 Å². The quantitative estimate of drug-likeness (QED) is 0.892. The first-order valence-electron chi connectivity index (χ1n) is 5.39. The average Bonchev–Trinajstić information content (AvgIpc) is 2.77. The summed E-state index contributed by atoms with van der Waals surface area (Å²) < 4.78 is 20.4. The fourth-order valence-electron chi connectivity index (χ4n) is 1.79. The van der Waals surface area contributed by atoms with Crippen LogP contribution in [0.1, 0.15) is 10.5 Å². The van der Waals surface area contributed by atoms with E-state index in [-0.39, 0.29) is 27.2 Å². The van der Waals surface area contributed by atoms with E-state index in [2.05, 4.69) is 21.0 Å². The summed E-state index contributed by atoms with van der Waals surface area (Å²) in [5.41, 5.74) is -0.309. The summed E-state index contributed by atoms with van der Waals surface area (Å²) in [7, 11) is 2.78. The molecule has 0 atom stereocenters. The fourth-order valence-corrected chi connectivity index (χ4v) is 2.19. The predicted octanol–water partition coefficient (Wildman–Crippen LogP) is 2.40. The third kappa shape index (κ3) is 2.22. The molecule has 0 saturated heterocycles. The second kappa shape index (κ2) is 5.12. The van der Waals surface area contributed by atoms with Gasteiger partial charge in [0, 0.05) is 13.1 Å². The van der Waals surface area contributed by atoms with Crippen LogP contribution in [0.5, 0.6) is 11.5 Å². The van der Waals surface area contributed by atoms with Gasteiger partial charge in [-0.25, -0.2) is 9.18 Å². The second-order valence-electron chi connectivity index (χ2n) is 3.94. The van der Waals surface area contributed by atoms with Crippen molar-refractivity contribution in [3.8, 4) is 22.8 Å². The number of methoxy groups -OCH3 is 1. The van der Waals surface area contributed by atoms with E-state index in [1.54, 1.807) is 0 Å². The summed E-state index contributed by atoms with van der Waals surface area (Å²) in [5, 5.41) is 22.7. The molecule has 2 N–H and O–H groups in total. The number of carboxylic acid groups (broad SMARTS) is 1. The highest BCUT2D eigenvalue weighted by atomic mass is 79.9. The Morgan fingerprint density at radius 1 is 1.50 bits per heavy atom. The normalized spacial score (nSPS) is 10.6. The molecule has 0 aliphatic carbocycles. The summed E-state index contributed by atoms with van der Waals surface area (Å²) in [5.74, 6) is -2.34. The molecule has 0 amide bonds. The Morgan fingerprint density at radius 2 is 2.15 bits per heavy atom. The molecule has 0 aliphatic rings. The number of hydrogen-bond donors (Lipinski definition) is 2. The zero-order chi connectivity index (χ0) is 15.0. The molecular formula is C12H10BrFN2O4. The maximum Gasteiger partial charge on any atom is 0.356 e. The zero-order valence-corrected chi connectivity index (χ0v) is 12.1. The smallest absolute Gasteiger partial charge is 0.356 e. The summed E-state index contributed by atoms with van der Waals surface area (Å²) >= 11 is 3.02. The van der Waals surface area contributed by atoms with Gasteiger partial charge in [-0.2, -0.15) is 5.10 Å². The molecule has 1 aromatic carbocycles. The largest absolute Gasteiger partial charge is 0.504 e. The van der Waals surface area contributed by atoms with Crippen LogP contribution in [0.4, 0.5) is 4.39 Å². The van der Waals surface area contributed by atoms with Crippen LogP contribution in [0, 0.1) is 5.82 Å². The van der Waals surface area contributed by atoms with E-state index in [1.807, 2.05) is 0 Å². The summed E-state index contributed by atoms with van der Waals surface area (Å²) in [6.07, 6.45) is 0. The lowest BCUT2D eigenvalue weighted by molar-refractivity contribution is 0.0689. The molecule has 1 heterocycles. The SMILES string of the molecule is COc1cc(Br)c(F)c(-c2cc(C(=O)O)nn2C)c1O. The Kier molecular flexibility index (Phi) is 3.67. The molecule has 0 unspecified atom stereocenters. The number of phenols is 1. The van der Waals surface area contributed by atoms with Gasteiger partial charge >= 0.3 is 5.97 Å². The van der Waals surface area contributed by atoms with Gasteiger partial charge in [-0.15, -0.1) is 0 Å². The summed E-state index contributed by atoms with van der Waals surface area (Å²) in [4.78, 5) is 10.9. The molecule has 2 aromatic rings. The number of ether oxygens (including phenoxy) is 1. The minimum atomic E-state index is -1.24. The minimum absolute atomic E-state index is 0.0614. The van der Waals surface area contributed by atoms with E-state index in [0.29, 0.717) is 0 Å². The molecule has 0 aliphatic heterocycles. The number of aromatic nitrogens is 2. The van der Waals surface area contributed by atoms with Crippen LogP contribution < -0.4 is 4.74 Å². The van der Waals surface area contributed by atoms with Gasteiger partial charge in [-0.1, -0.05) is 0 Å². The topological polar surface area (TPSA) is 84.6 Å². The summed E-state index contributed by atoms with van der Waals surface area (Å²) in [6.45, 7) is 0. The number of benzene rings is 1. The molecule has 20 heavy (non-hydrogen) atoms. The standard InChI is InChI=1S/C12H10BrFN2O4/c1-16-7(4-6(15-16)12(18)19)9-10(14)5(13)3-8(20-2)11(9)17/h3-4,17H,1-2H3,(H,18,19). The van der Waals surface area contributed by atoms with Crippen LogP contribution in [0.25, 0.3) is 11.3 Å². The van der Waals surface area contributed by atoms with Gasteiger partial charge in [-0.05, 0) is 22.0 Å². The van der Waals surface area contributed by atoms with Crippen molar-refractivity contribution < 1.29 is 24.1 Å². The Balaban J connectivity index is 2.75. The molecule has 0 radical (unpaired) electrons. The van der Waals surface area contributed by atoms with Crippen molar-refractivity contribution in [3.63, 3.8) is 0 Å². The van der Waals surface area contributed by atoms with Gasteiger partial charge in [0.25, 0.3) is 0 Å². The fraction of sp³-hybridized carbons (Fsp3) is 0.167. The van der Waals surface area contributed by atoms with Crippen LogP contribution in [0.3, 0.4) is 0 Å². The minimum Gasteiger partial charge on any atom is -0.504 e. The molecule has 6 nitrogen and oxygen atoms in total. The van der Waals surface area contributed by atoms with Crippen LogP contribution in [-0.4, -0.2) is 33.1 Å². The first-order chi connectivity index (χ1) is 9.36. The van der Waals surface area contributed by atoms with Gasteiger partial charge < -0.3 is 14.9 Å². The van der Waals surface area contributed by atoms with E-state index in [0.717, 1.165) is 0 Å². The van der Waals surface area contributed by atoms with Crippen LogP contribution in [0.15, 0.2) is 16.6 Å². The molecule has 8 heteroatoms. The number of aromatic carboxylic acids is 1. The first kappa shape index (κ1) is 14.3. The summed E-state index contributed by atoms with van der Waals surface area (Å²) in [6, 6.07) is 2.45. The number of phenolic OH excluding ortho intramolecular Hbond substituents is 1. The Hall–Kier alpha value is -2.09. The lowest BCUT2D eigenvalue weighted by Gasteiger charge is -2.11. The molecule has 0 bridgehead atoms. The number of aryl methyl sites for hydroxylation is 1. The van der Waals surface area contributed by atoms with E-state index in [9.17, 15) is 14.3 Å².